The lowest BCUT2D eigenvalue weighted by Gasteiger charge is -2.23. The van der Waals surface area contributed by atoms with Gasteiger partial charge in [-0.2, -0.15) is 22.6 Å². The molecular formula is C33H39N5O8S. The number of ether oxygens (including phenoxy) is 1. The Morgan fingerprint density at radius 2 is 1.83 bits per heavy atom. The molecule has 0 spiro atoms. The van der Waals surface area contributed by atoms with Crippen LogP contribution < -0.4 is 16.0 Å². The van der Waals surface area contributed by atoms with Crippen LogP contribution >= 0.6 is 12.6 Å². The van der Waals surface area contributed by atoms with Gasteiger partial charge in [0.2, 0.25) is 5.91 Å². The van der Waals surface area contributed by atoms with Gasteiger partial charge in [0.15, 0.2) is 6.10 Å². The lowest BCUT2D eigenvalue weighted by molar-refractivity contribution is -0.138. The minimum Gasteiger partial charge on any atom is -0.481 e. The quantitative estimate of drug-likeness (QED) is 0.0850. The van der Waals surface area contributed by atoms with Crippen molar-refractivity contribution in [2.45, 2.75) is 82.1 Å². The van der Waals surface area contributed by atoms with E-state index in [0.29, 0.717) is 35.4 Å². The number of nitrogens with one attached hydrogen (secondary N) is 3. The number of aliphatic carboxylic acids is 2. The largest absolute Gasteiger partial charge is 0.481 e. The molecular weight excluding hydrogens is 626 g/mol. The molecule has 4 fully saturated rings. The number of allylic oxidation sites excluding steroid dienone is 1. The first-order chi connectivity index (χ1) is 22.4. The average molecular weight is 666 g/mol. The van der Waals surface area contributed by atoms with Gasteiger partial charge in [0.25, 0.3) is 5.91 Å². The number of aliphatic hydroxyl groups is 1. The Morgan fingerprint density at radius 1 is 1.11 bits per heavy atom. The molecule has 8 atom stereocenters. The minimum atomic E-state index is -1.06. The number of carbonyl (C=O) groups excluding carboxylic acids is 2. The van der Waals surface area contributed by atoms with Gasteiger partial charge < -0.3 is 36.0 Å². The van der Waals surface area contributed by atoms with Gasteiger partial charge in [-0.3, -0.25) is 14.4 Å². The number of nitrogens with zero attached hydrogens (tertiary/aromatic N) is 2. The second kappa shape index (κ2) is 10.9. The highest BCUT2D eigenvalue weighted by molar-refractivity contribution is 7.80. The lowest BCUT2D eigenvalue weighted by Crippen LogP contribution is -2.38. The first-order valence-corrected chi connectivity index (χ1v) is 16.5. The smallest absolute Gasteiger partial charge is 0.335 e. The molecule has 0 aromatic heterocycles. The number of aliphatic hydroxyl groups excluding tert-OH is 1. The maximum atomic E-state index is 12.6. The van der Waals surface area contributed by atoms with Crippen LogP contribution in [0.15, 0.2) is 69.6 Å². The van der Waals surface area contributed by atoms with Crippen molar-refractivity contribution >= 4 is 36.4 Å². The molecule has 8 aliphatic heterocycles. The van der Waals surface area contributed by atoms with Crippen molar-refractivity contribution in [3.8, 4) is 0 Å². The Balaban J connectivity index is 1.24. The molecule has 4 saturated heterocycles. The van der Waals surface area contributed by atoms with Crippen molar-refractivity contribution in [2.75, 3.05) is 12.4 Å². The van der Waals surface area contributed by atoms with Crippen LogP contribution in [0.25, 0.3) is 0 Å². The minimum absolute atomic E-state index is 0.00496. The van der Waals surface area contributed by atoms with Crippen LogP contribution in [0.3, 0.4) is 0 Å². The van der Waals surface area contributed by atoms with E-state index in [2.05, 4.69) is 51.3 Å². The van der Waals surface area contributed by atoms with Crippen LogP contribution in [-0.4, -0.2) is 97.1 Å². The summed E-state index contributed by atoms with van der Waals surface area (Å²) in [5, 5.41) is 43.3. The highest BCUT2D eigenvalue weighted by Gasteiger charge is 2.94. The van der Waals surface area contributed by atoms with E-state index in [9.17, 15) is 34.5 Å². The van der Waals surface area contributed by atoms with E-state index in [1.165, 1.54) is 6.08 Å². The molecule has 0 aliphatic carbocycles. The van der Waals surface area contributed by atoms with E-state index >= 15 is 0 Å². The molecule has 8 heterocycles. The number of thiol groups is 1. The maximum absolute atomic E-state index is 12.6. The van der Waals surface area contributed by atoms with Gasteiger partial charge in [-0.05, 0) is 73.3 Å². The van der Waals surface area contributed by atoms with Crippen LogP contribution in [-0.2, 0) is 23.9 Å². The molecule has 13 nitrogen and oxygen atoms in total. The predicted octanol–water partition coefficient (Wildman–Crippen LogP) is 1.09. The Morgan fingerprint density at radius 3 is 2.43 bits per heavy atom. The SMILES string of the molecule is C=CC1=C(CO)[C@@H](CC2N/C(=C\C34C(CCC(=O)O)=C(C)C5(/C=C6\NC(=O)[C@H](C)[C@H]6CCS)N3N54)C([C@H]3OC3C(=O)O)=C2C)NC1=O. The van der Waals surface area contributed by atoms with Crippen LogP contribution in [0.4, 0.5) is 0 Å². The fourth-order valence-electron chi connectivity index (χ4n) is 8.50. The summed E-state index contributed by atoms with van der Waals surface area (Å²) < 4.78 is 5.64. The average Bonchev–Trinajstić information content (AvgIpc) is 3.94. The molecule has 0 saturated carbocycles. The third-order valence-corrected chi connectivity index (χ3v) is 11.3. The van der Waals surface area contributed by atoms with Gasteiger partial charge >= 0.3 is 11.9 Å². The number of carboxylic acid groups (broad SMARTS) is 2. The van der Waals surface area contributed by atoms with Crippen molar-refractivity contribution in [1.82, 2.24) is 26.0 Å². The topological polar surface area (TPSA) is 184 Å². The molecule has 8 rings (SSSR count). The molecule has 0 radical (unpaired) electrons. The van der Waals surface area contributed by atoms with E-state index in [-0.39, 0.29) is 42.7 Å². The number of hydrazine groups is 1. The Bertz CT molecular complexity index is 1680. The Labute approximate surface area is 277 Å². The monoisotopic (exact) mass is 665 g/mol. The lowest BCUT2D eigenvalue weighted by atomic mass is 9.90. The summed E-state index contributed by atoms with van der Waals surface area (Å²) >= 11 is 4.41. The molecule has 14 heteroatoms. The molecule has 250 valence electrons. The number of epoxide rings is 1. The van der Waals surface area contributed by atoms with Crippen LogP contribution in [0.5, 0.6) is 0 Å². The van der Waals surface area contributed by atoms with Gasteiger partial charge in [0, 0.05) is 40.8 Å². The summed E-state index contributed by atoms with van der Waals surface area (Å²) in [4.78, 5) is 48.8. The number of amides is 2. The Kier molecular flexibility index (Phi) is 7.41. The first-order valence-electron chi connectivity index (χ1n) is 15.9. The summed E-state index contributed by atoms with van der Waals surface area (Å²) in [6.45, 7) is 9.23. The van der Waals surface area contributed by atoms with E-state index in [1.807, 2.05) is 26.8 Å². The van der Waals surface area contributed by atoms with Gasteiger partial charge in [0.1, 0.15) is 17.4 Å². The summed E-state index contributed by atoms with van der Waals surface area (Å²) in [5.41, 5.74) is 4.70. The zero-order valence-electron chi connectivity index (χ0n) is 26.4. The first kappa shape index (κ1) is 31.9. The summed E-state index contributed by atoms with van der Waals surface area (Å²) in [6, 6.07) is -0.752. The molecule has 2 amide bonds. The molecule has 2 bridgehead atoms. The zero-order chi connectivity index (χ0) is 33.7. The summed E-state index contributed by atoms with van der Waals surface area (Å²) in [6.07, 6.45) is 5.29. The summed E-state index contributed by atoms with van der Waals surface area (Å²) in [5.74, 6) is -1.85. The third kappa shape index (κ3) is 4.45. The van der Waals surface area contributed by atoms with E-state index < -0.39 is 41.5 Å². The predicted molar refractivity (Wildman–Crippen MR) is 171 cm³/mol. The Hall–Kier alpha value is -3.69. The fraction of sp³-hybridized carbons (Fsp3) is 0.515. The van der Waals surface area contributed by atoms with Crippen molar-refractivity contribution < 1.29 is 39.2 Å². The van der Waals surface area contributed by atoms with E-state index in [0.717, 1.165) is 34.4 Å². The molecule has 6 N–H and O–H groups in total. The second-order valence-electron chi connectivity index (χ2n) is 13.3. The highest BCUT2D eigenvalue weighted by Crippen LogP contribution is 2.80. The molecule has 0 aromatic carbocycles. The van der Waals surface area contributed by atoms with Gasteiger partial charge in [-0.1, -0.05) is 19.6 Å². The van der Waals surface area contributed by atoms with Gasteiger partial charge in [-0.15, -0.1) is 0 Å². The fourth-order valence-corrected chi connectivity index (χ4v) is 8.78. The number of hydrogen-bond donors (Lipinski definition) is 7. The molecule has 4 unspecified atom stereocenters. The zero-order valence-corrected chi connectivity index (χ0v) is 27.3. The van der Waals surface area contributed by atoms with Crippen LogP contribution in [0.1, 0.15) is 46.5 Å². The number of hydrogen-bond acceptors (Lipinski definition) is 10. The number of carbonyl (C=O) groups is 4. The molecule has 0 aromatic rings. The van der Waals surface area contributed by atoms with E-state index in [4.69, 9.17) is 4.74 Å². The summed E-state index contributed by atoms with van der Waals surface area (Å²) in [7, 11) is 0. The molecule has 47 heavy (non-hydrogen) atoms. The third-order valence-electron chi connectivity index (χ3n) is 11.0. The molecule has 8 aliphatic rings. The van der Waals surface area contributed by atoms with E-state index in [1.54, 1.807) is 0 Å². The second-order valence-corrected chi connectivity index (χ2v) is 13.7. The van der Waals surface area contributed by atoms with Crippen molar-refractivity contribution in [3.63, 3.8) is 0 Å². The van der Waals surface area contributed by atoms with Crippen molar-refractivity contribution in [1.29, 1.82) is 0 Å². The van der Waals surface area contributed by atoms with Crippen LogP contribution in [0.2, 0.25) is 0 Å². The van der Waals surface area contributed by atoms with Crippen molar-refractivity contribution in [3.05, 3.63) is 69.6 Å². The number of rotatable bonds is 13. The van der Waals surface area contributed by atoms with Gasteiger partial charge in [0.05, 0.1) is 18.7 Å². The standard InChI is InChI=1S/C33H39N5O8S/c1-5-17-19(13-39)22(35-30(17)43)10-21-15(3)26(27-28(46-27)31(44)45)24(34-21)12-33-20(6-7-25(40)41)16(4)32(37(33)38(32)33)11-23-18(8-9-47)14(2)29(42)36-23/h5,11-12,14,18,21-22,27-28,34,39,47H,1,6-10,13H2,2-4H3,(H,35,43)(H,36,42)(H,40,41)(H,44,45)/b23-11-,24-12-/t14-,18-,21?,22-,27-,28?,32?,33?,37?,38?/m1/s1. The maximum Gasteiger partial charge on any atom is 0.335 e. The van der Waals surface area contributed by atoms with Crippen LogP contribution in [0, 0.1) is 11.8 Å². The normalized spacial score (nSPS) is 41.0. The van der Waals surface area contributed by atoms with Crippen molar-refractivity contribution in [2.24, 2.45) is 11.8 Å². The highest BCUT2D eigenvalue weighted by atomic mass is 32.1. The van der Waals surface area contributed by atoms with Gasteiger partial charge in [-0.25, -0.2) is 4.79 Å². The number of carboxylic acids is 2.